The van der Waals surface area contributed by atoms with E-state index in [1.165, 1.54) is 75.1 Å². The van der Waals surface area contributed by atoms with Gasteiger partial charge in [0.15, 0.2) is 0 Å². The van der Waals surface area contributed by atoms with Crippen LogP contribution in [0.3, 0.4) is 0 Å². The van der Waals surface area contributed by atoms with Crippen LogP contribution in [0.25, 0.3) is 0 Å². The number of hydrogen-bond acceptors (Lipinski definition) is 1. The van der Waals surface area contributed by atoms with Gasteiger partial charge in [0.1, 0.15) is 0 Å². The standard InChI is InChI=1S/C13H25S.Li/c1-2-3-4-5-6-9-12-14-13-10-7-8-11-13;/h13H,1-12H2;. The first-order valence-electron chi connectivity index (χ1n) is 7.05. The van der Waals surface area contributed by atoms with Crippen molar-refractivity contribution in [3.05, 3.63) is 0 Å². The summed E-state index contributed by atoms with van der Waals surface area (Å²) in [7, 11) is 0. The van der Waals surface area contributed by atoms with Gasteiger partial charge in [-0.2, -0.15) is 0 Å². The predicted octanol–water partition coefficient (Wildman–Crippen LogP) is 4.59. The van der Waals surface area contributed by atoms with E-state index in [0.717, 1.165) is 5.25 Å². The van der Waals surface area contributed by atoms with E-state index in [-0.39, 0.29) is 0 Å². The van der Waals surface area contributed by atoms with Gasteiger partial charge in [-0.1, -0.05) is 0 Å². The van der Waals surface area contributed by atoms with Crippen molar-refractivity contribution in [2.24, 2.45) is 0 Å². The van der Waals surface area contributed by atoms with E-state index in [0.29, 0.717) is 0 Å². The van der Waals surface area contributed by atoms with Crippen molar-refractivity contribution < 1.29 is 0 Å². The molecule has 1 aliphatic rings. The van der Waals surface area contributed by atoms with E-state index in [4.69, 9.17) is 0 Å². The second-order valence-electron chi connectivity index (χ2n) is 4.90. The van der Waals surface area contributed by atoms with Crippen molar-refractivity contribution in [2.75, 3.05) is 5.75 Å². The summed E-state index contributed by atoms with van der Waals surface area (Å²) in [5, 5.41) is 2.41. The maximum absolute atomic E-state index is 2.29. The fourth-order valence-corrected chi connectivity index (χ4v) is 3.73. The van der Waals surface area contributed by atoms with Crippen molar-refractivity contribution in [3.63, 3.8) is 0 Å². The van der Waals surface area contributed by atoms with E-state index in [1.807, 2.05) is 0 Å². The zero-order valence-corrected chi connectivity index (χ0v) is 11.3. The summed E-state index contributed by atoms with van der Waals surface area (Å²) in [5.41, 5.74) is 0. The van der Waals surface area contributed by atoms with Gasteiger partial charge in [-0.15, -0.1) is 0 Å². The zero-order chi connectivity index (χ0) is 10.8. The quantitative estimate of drug-likeness (QED) is 0.404. The normalized spacial score (nSPS) is 17.5. The number of thioether (sulfide) groups is 1. The van der Waals surface area contributed by atoms with Crippen LogP contribution in [-0.2, 0) is 0 Å². The molecule has 1 saturated carbocycles. The van der Waals surface area contributed by atoms with Crippen molar-refractivity contribution >= 4 is 29.5 Å². The summed E-state index contributed by atoms with van der Waals surface area (Å²) in [6.45, 7) is 0. The van der Waals surface area contributed by atoms with Crippen LogP contribution in [0.5, 0.6) is 0 Å². The molecule has 0 nitrogen and oxygen atoms in total. The zero-order valence-electron chi connectivity index (χ0n) is 10.5. The van der Waals surface area contributed by atoms with Crippen molar-refractivity contribution in [1.82, 2.24) is 0 Å². The summed E-state index contributed by atoms with van der Waals surface area (Å²) < 4.78 is 0. The van der Waals surface area contributed by atoms with Crippen LogP contribution in [0.4, 0.5) is 0 Å². The Bertz CT molecular complexity index is 132. The molecule has 0 aliphatic heterocycles. The molecule has 0 bridgehead atoms. The molecule has 0 atom stereocenters. The molecule has 0 aromatic heterocycles. The Morgan fingerprint density at radius 1 is 0.867 bits per heavy atom. The van der Waals surface area contributed by atoms with Gasteiger partial charge in [0, 0.05) is 0 Å². The molecule has 0 aromatic rings. The number of rotatable bonds is 9. The molecule has 84 valence electrons. The molecule has 0 radical (unpaired) electrons. The molecule has 1 rings (SSSR count). The third kappa shape index (κ3) is 7.78. The van der Waals surface area contributed by atoms with Crippen LogP contribution in [0.2, 0.25) is 5.09 Å². The Labute approximate surface area is 110 Å². The SMILES string of the molecule is [Li][CH2]CCCCCCCSC1CCCC1. The van der Waals surface area contributed by atoms with Gasteiger partial charge in [-0.05, 0) is 0 Å². The van der Waals surface area contributed by atoms with Crippen molar-refractivity contribution in [3.8, 4) is 0 Å². The van der Waals surface area contributed by atoms with Gasteiger partial charge in [0.05, 0.1) is 0 Å². The predicted molar refractivity (Wildman–Crippen MR) is 73.0 cm³/mol. The first-order chi connectivity index (χ1) is 7.43. The first kappa shape index (κ1) is 14.0. The average Bonchev–Trinajstić information content (AvgIpc) is 2.75. The minimum atomic E-state index is 1.03. The van der Waals surface area contributed by atoms with Crippen LogP contribution in [0.1, 0.15) is 64.2 Å². The van der Waals surface area contributed by atoms with Gasteiger partial charge in [-0.3, -0.25) is 0 Å². The van der Waals surface area contributed by atoms with Gasteiger partial charge in [-0.25, -0.2) is 0 Å². The first-order valence-corrected chi connectivity index (χ1v) is 8.10. The summed E-state index contributed by atoms with van der Waals surface area (Å²) in [6.07, 6.45) is 14.8. The van der Waals surface area contributed by atoms with Gasteiger partial charge in [0.2, 0.25) is 0 Å². The molecule has 1 aliphatic carbocycles. The van der Waals surface area contributed by atoms with Crippen LogP contribution in [0.15, 0.2) is 0 Å². The Kier molecular flexibility index (Phi) is 9.46. The molecule has 0 spiro atoms. The Balaban J connectivity index is 1.73. The molecule has 1 fully saturated rings. The Morgan fingerprint density at radius 3 is 2.13 bits per heavy atom. The average molecular weight is 220 g/mol. The molecular weight excluding hydrogens is 195 g/mol. The van der Waals surface area contributed by atoms with E-state index in [9.17, 15) is 0 Å². The van der Waals surface area contributed by atoms with Crippen LogP contribution in [0, 0.1) is 0 Å². The van der Waals surface area contributed by atoms with Gasteiger partial charge < -0.3 is 0 Å². The summed E-state index contributed by atoms with van der Waals surface area (Å²) in [6, 6.07) is 0. The van der Waals surface area contributed by atoms with E-state index >= 15 is 0 Å². The molecule has 0 amide bonds. The minimum absolute atomic E-state index is 1.03. The van der Waals surface area contributed by atoms with E-state index in [1.54, 1.807) is 0 Å². The molecule has 15 heavy (non-hydrogen) atoms. The van der Waals surface area contributed by atoms with E-state index < -0.39 is 0 Å². The van der Waals surface area contributed by atoms with E-state index in [2.05, 4.69) is 29.5 Å². The Hall–Kier alpha value is 0.947. The summed E-state index contributed by atoms with van der Waals surface area (Å²) in [5.74, 6) is 1.43. The Morgan fingerprint density at radius 2 is 1.47 bits per heavy atom. The fourth-order valence-electron chi connectivity index (χ4n) is 2.36. The summed E-state index contributed by atoms with van der Waals surface area (Å²) in [4.78, 5) is 0. The summed E-state index contributed by atoms with van der Waals surface area (Å²) >= 11 is 4.54. The molecular formula is C13H25LiS. The molecule has 0 heterocycles. The maximum atomic E-state index is 2.29. The number of unbranched alkanes of at least 4 members (excludes halogenated alkanes) is 5. The molecule has 0 saturated heterocycles. The second kappa shape index (κ2) is 10.1. The monoisotopic (exact) mass is 220 g/mol. The van der Waals surface area contributed by atoms with Crippen molar-refractivity contribution in [2.45, 2.75) is 74.6 Å². The second-order valence-corrected chi connectivity index (χ2v) is 6.31. The van der Waals surface area contributed by atoms with Crippen LogP contribution in [-0.4, -0.2) is 28.7 Å². The fraction of sp³-hybridized carbons (Fsp3) is 1.00. The molecule has 0 N–H and O–H groups in total. The van der Waals surface area contributed by atoms with Gasteiger partial charge in [0.25, 0.3) is 0 Å². The molecule has 0 aromatic carbocycles. The van der Waals surface area contributed by atoms with Gasteiger partial charge >= 0.3 is 110 Å². The number of hydrogen-bond donors (Lipinski definition) is 0. The third-order valence-corrected chi connectivity index (χ3v) is 4.87. The molecule has 2 heteroatoms. The van der Waals surface area contributed by atoms with Crippen LogP contribution < -0.4 is 0 Å². The van der Waals surface area contributed by atoms with Crippen LogP contribution >= 0.6 is 11.8 Å². The third-order valence-electron chi connectivity index (χ3n) is 3.40. The topological polar surface area (TPSA) is 0 Å². The van der Waals surface area contributed by atoms with Crippen molar-refractivity contribution in [1.29, 1.82) is 0 Å². The molecule has 0 unspecified atom stereocenters.